The molecule has 1 aliphatic rings. The lowest BCUT2D eigenvalue weighted by Gasteiger charge is -2.23. The fraction of sp³-hybridized carbons (Fsp3) is 0.600. The van der Waals surface area contributed by atoms with Crippen LogP contribution in [0.15, 0.2) is 11.6 Å². The summed E-state index contributed by atoms with van der Waals surface area (Å²) in [4.78, 5) is 11.7. The quantitative estimate of drug-likeness (QED) is 0.700. The first kappa shape index (κ1) is 11.3. The highest BCUT2D eigenvalue weighted by atomic mass is 32.1. The maximum absolute atomic E-state index is 10.8. The van der Waals surface area contributed by atoms with Gasteiger partial charge in [0.2, 0.25) is 0 Å². The van der Waals surface area contributed by atoms with E-state index in [2.05, 4.69) is 0 Å². The number of hydrogen-bond donors (Lipinski definition) is 2. The Bertz CT molecular complexity index is 294. The van der Waals surface area contributed by atoms with Crippen LogP contribution in [0.1, 0.15) is 32.6 Å². The third kappa shape index (κ3) is 2.89. The lowest BCUT2D eigenvalue weighted by molar-refractivity contribution is -0.142. The number of nitrogens with two attached hydrogens (primary N) is 1. The second-order valence-corrected chi connectivity index (χ2v) is 4.55. The molecule has 0 heterocycles. The summed E-state index contributed by atoms with van der Waals surface area (Å²) in [5, 5.41) is 8.85. The smallest absolute Gasteiger partial charge is 0.323 e. The molecule has 0 saturated heterocycles. The summed E-state index contributed by atoms with van der Waals surface area (Å²) >= 11 is 5.07. The van der Waals surface area contributed by atoms with Crippen LogP contribution in [0.4, 0.5) is 0 Å². The highest BCUT2D eigenvalue weighted by Crippen LogP contribution is 2.23. The minimum absolute atomic E-state index is 0.391. The largest absolute Gasteiger partial charge is 0.480 e. The summed E-state index contributed by atoms with van der Waals surface area (Å²) in [6.07, 6.45) is 5.17. The lowest BCUT2D eigenvalue weighted by Crippen LogP contribution is -2.45. The molecule has 78 valence electrons. The van der Waals surface area contributed by atoms with E-state index in [4.69, 9.17) is 23.1 Å². The second kappa shape index (κ2) is 4.19. The molecule has 0 bridgehead atoms. The zero-order valence-corrected chi connectivity index (χ0v) is 9.06. The van der Waals surface area contributed by atoms with Crippen molar-refractivity contribution < 1.29 is 9.90 Å². The summed E-state index contributed by atoms with van der Waals surface area (Å²) in [6.45, 7) is 1.54. The second-order valence-electron chi connectivity index (χ2n) is 4.02. The van der Waals surface area contributed by atoms with Crippen LogP contribution in [-0.2, 0) is 4.79 Å². The standard InChI is InChI=1S/C10H15NO2S/c1-10(11,9(12)13)6-7-3-2-4-8(14)5-7/h5H,2-4,6,11H2,1H3,(H,12,13). The van der Waals surface area contributed by atoms with Crippen LogP contribution in [0.3, 0.4) is 0 Å². The Hall–Kier alpha value is -0.740. The molecule has 0 spiro atoms. The van der Waals surface area contributed by atoms with E-state index in [0.29, 0.717) is 6.42 Å². The number of carboxylic acid groups (broad SMARTS) is 1. The van der Waals surface area contributed by atoms with E-state index in [1.807, 2.05) is 6.08 Å². The van der Waals surface area contributed by atoms with Crippen molar-refractivity contribution in [2.24, 2.45) is 5.73 Å². The van der Waals surface area contributed by atoms with Gasteiger partial charge in [0.15, 0.2) is 0 Å². The Labute approximate surface area is 89.0 Å². The van der Waals surface area contributed by atoms with Crippen molar-refractivity contribution in [2.75, 3.05) is 0 Å². The maximum atomic E-state index is 10.8. The van der Waals surface area contributed by atoms with Gasteiger partial charge < -0.3 is 10.8 Å². The third-order valence-corrected chi connectivity index (χ3v) is 2.69. The molecule has 0 aromatic heterocycles. The predicted octanol–water partition coefficient (Wildman–Crippen LogP) is 1.66. The van der Waals surface area contributed by atoms with Crippen LogP contribution in [0.5, 0.6) is 0 Å². The monoisotopic (exact) mass is 213 g/mol. The molecule has 4 heteroatoms. The van der Waals surface area contributed by atoms with Gasteiger partial charge in [-0.3, -0.25) is 4.79 Å². The van der Waals surface area contributed by atoms with Gasteiger partial charge in [-0.05, 0) is 38.7 Å². The van der Waals surface area contributed by atoms with Crippen molar-refractivity contribution in [3.05, 3.63) is 11.6 Å². The number of allylic oxidation sites excluding steroid dienone is 1. The van der Waals surface area contributed by atoms with Crippen molar-refractivity contribution in [2.45, 2.75) is 38.1 Å². The molecule has 1 atom stereocenters. The van der Waals surface area contributed by atoms with Crippen LogP contribution in [-0.4, -0.2) is 21.5 Å². The molecule has 0 fully saturated rings. The normalized spacial score (nSPS) is 21.3. The van der Waals surface area contributed by atoms with Crippen molar-refractivity contribution >= 4 is 23.1 Å². The zero-order chi connectivity index (χ0) is 10.8. The molecular weight excluding hydrogens is 198 g/mol. The van der Waals surface area contributed by atoms with Crippen LogP contribution >= 0.6 is 12.2 Å². The van der Waals surface area contributed by atoms with E-state index in [1.165, 1.54) is 6.92 Å². The Kier molecular flexibility index (Phi) is 3.39. The van der Waals surface area contributed by atoms with Gasteiger partial charge in [0, 0.05) is 4.86 Å². The molecule has 0 amide bonds. The Morgan fingerprint density at radius 1 is 1.71 bits per heavy atom. The van der Waals surface area contributed by atoms with E-state index in [9.17, 15) is 4.79 Å². The summed E-state index contributed by atoms with van der Waals surface area (Å²) in [5.41, 5.74) is 5.55. The summed E-state index contributed by atoms with van der Waals surface area (Å²) < 4.78 is 0. The average Bonchev–Trinajstić information content (AvgIpc) is 2.02. The van der Waals surface area contributed by atoms with Crippen LogP contribution in [0.25, 0.3) is 0 Å². The Balaban J connectivity index is 2.68. The molecule has 1 unspecified atom stereocenters. The van der Waals surface area contributed by atoms with Gasteiger partial charge in [-0.15, -0.1) is 0 Å². The zero-order valence-electron chi connectivity index (χ0n) is 8.25. The van der Waals surface area contributed by atoms with Crippen LogP contribution in [0, 0.1) is 0 Å². The Morgan fingerprint density at radius 2 is 2.36 bits per heavy atom. The summed E-state index contributed by atoms with van der Waals surface area (Å²) in [6, 6.07) is 0. The SMILES string of the molecule is CC(N)(CC1=CC(=S)CCC1)C(=O)O. The molecular formula is C10H15NO2S. The van der Waals surface area contributed by atoms with Gasteiger partial charge in [-0.25, -0.2) is 0 Å². The van der Waals surface area contributed by atoms with E-state index in [0.717, 1.165) is 29.7 Å². The molecule has 0 radical (unpaired) electrons. The van der Waals surface area contributed by atoms with Crippen molar-refractivity contribution in [3.8, 4) is 0 Å². The van der Waals surface area contributed by atoms with Gasteiger partial charge in [0.05, 0.1) is 0 Å². The van der Waals surface area contributed by atoms with Gasteiger partial charge in [0.25, 0.3) is 0 Å². The van der Waals surface area contributed by atoms with Crippen LogP contribution < -0.4 is 5.73 Å². The van der Waals surface area contributed by atoms with Gasteiger partial charge >= 0.3 is 5.97 Å². The van der Waals surface area contributed by atoms with Gasteiger partial charge in [-0.2, -0.15) is 0 Å². The molecule has 0 aromatic rings. The maximum Gasteiger partial charge on any atom is 0.323 e. The number of aliphatic carboxylic acids is 1. The molecule has 14 heavy (non-hydrogen) atoms. The summed E-state index contributed by atoms with van der Waals surface area (Å²) in [5.74, 6) is -0.963. The van der Waals surface area contributed by atoms with Crippen molar-refractivity contribution in [1.82, 2.24) is 0 Å². The predicted molar refractivity (Wildman–Crippen MR) is 59.4 cm³/mol. The fourth-order valence-corrected chi connectivity index (χ4v) is 1.86. The van der Waals surface area contributed by atoms with Crippen LogP contribution in [0.2, 0.25) is 0 Å². The summed E-state index contributed by atoms with van der Waals surface area (Å²) in [7, 11) is 0. The number of thiocarbonyl (C=S) groups is 1. The number of hydrogen-bond acceptors (Lipinski definition) is 3. The molecule has 3 nitrogen and oxygen atoms in total. The number of rotatable bonds is 3. The first-order chi connectivity index (χ1) is 6.42. The van der Waals surface area contributed by atoms with E-state index >= 15 is 0 Å². The van der Waals surface area contributed by atoms with E-state index in [1.54, 1.807) is 0 Å². The van der Waals surface area contributed by atoms with Gasteiger partial charge in [0.1, 0.15) is 5.54 Å². The highest BCUT2D eigenvalue weighted by molar-refractivity contribution is 7.80. The van der Waals surface area contributed by atoms with Crippen molar-refractivity contribution in [3.63, 3.8) is 0 Å². The molecule has 3 N–H and O–H groups in total. The number of carboxylic acids is 1. The minimum atomic E-state index is -1.17. The molecule has 1 rings (SSSR count). The van der Waals surface area contributed by atoms with E-state index < -0.39 is 11.5 Å². The molecule has 0 aliphatic heterocycles. The first-order valence-electron chi connectivity index (χ1n) is 4.66. The average molecular weight is 213 g/mol. The Morgan fingerprint density at radius 3 is 2.86 bits per heavy atom. The molecule has 0 aromatic carbocycles. The number of carbonyl (C=O) groups is 1. The molecule has 0 saturated carbocycles. The molecule has 1 aliphatic carbocycles. The first-order valence-corrected chi connectivity index (χ1v) is 5.07. The third-order valence-electron chi connectivity index (χ3n) is 2.37. The topological polar surface area (TPSA) is 63.3 Å². The van der Waals surface area contributed by atoms with Crippen molar-refractivity contribution in [1.29, 1.82) is 0 Å². The van der Waals surface area contributed by atoms with Gasteiger partial charge in [-0.1, -0.05) is 17.8 Å². The van der Waals surface area contributed by atoms with E-state index in [-0.39, 0.29) is 0 Å². The lowest BCUT2D eigenvalue weighted by atomic mass is 9.88. The minimum Gasteiger partial charge on any atom is -0.480 e. The fourth-order valence-electron chi connectivity index (χ4n) is 1.55. The highest BCUT2D eigenvalue weighted by Gasteiger charge is 2.29.